The molecule has 0 spiro atoms. The Kier molecular flexibility index (Phi) is 8.11. The summed E-state index contributed by atoms with van der Waals surface area (Å²) in [6.07, 6.45) is 6.94. The Morgan fingerprint density at radius 3 is 2.46 bits per heavy atom. The number of hydrogen-bond donors (Lipinski definition) is 1. The van der Waals surface area contributed by atoms with Crippen LogP contribution in [0.5, 0.6) is 0 Å². The molecule has 0 aliphatic rings. The lowest BCUT2D eigenvalue weighted by Gasteiger charge is -2.17. The summed E-state index contributed by atoms with van der Waals surface area (Å²) in [5, 5.41) is 3.55. The van der Waals surface area contributed by atoms with Crippen molar-refractivity contribution in [1.82, 2.24) is 5.32 Å². The van der Waals surface area contributed by atoms with Crippen molar-refractivity contribution in [3.63, 3.8) is 0 Å². The molecule has 0 rings (SSSR count). The van der Waals surface area contributed by atoms with E-state index in [0.717, 1.165) is 18.9 Å². The smallest absolute Gasteiger partial charge is 0.0102 e. The van der Waals surface area contributed by atoms with E-state index >= 15 is 0 Å². The average molecular weight is 183 g/mol. The van der Waals surface area contributed by atoms with Gasteiger partial charge in [-0.15, -0.1) is 6.58 Å². The normalized spacial score (nSPS) is 13.2. The standard InChI is InChI=1S/C12H25N/c1-5-7-12(13-10-6-2)9-8-11(3)4/h5,11-13H,1,6-10H2,2-4H3. The van der Waals surface area contributed by atoms with Crippen LogP contribution in [-0.4, -0.2) is 12.6 Å². The second-order valence-electron chi connectivity index (χ2n) is 4.15. The first-order valence-electron chi connectivity index (χ1n) is 5.55. The molecule has 1 unspecified atom stereocenters. The summed E-state index contributed by atoms with van der Waals surface area (Å²) in [7, 11) is 0. The minimum absolute atomic E-state index is 0.653. The van der Waals surface area contributed by atoms with Crippen molar-refractivity contribution in [2.24, 2.45) is 5.92 Å². The predicted octanol–water partition coefficient (Wildman–Crippen LogP) is 3.37. The second-order valence-corrected chi connectivity index (χ2v) is 4.15. The van der Waals surface area contributed by atoms with E-state index in [1.807, 2.05) is 6.08 Å². The second kappa shape index (κ2) is 8.31. The van der Waals surface area contributed by atoms with E-state index in [0.29, 0.717) is 6.04 Å². The molecule has 0 heterocycles. The summed E-state index contributed by atoms with van der Waals surface area (Å²) in [6, 6.07) is 0.653. The van der Waals surface area contributed by atoms with Crippen LogP contribution in [0, 0.1) is 5.92 Å². The SMILES string of the molecule is C=CCC(CCC(C)C)NCCC. The van der Waals surface area contributed by atoms with Crippen LogP contribution in [0.25, 0.3) is 0 Å². The van der Waals surface area contributed by atoms with E-state index < -0.39 is 0 Å². The van der Waals surface area contributed by atoms with Crippen LogP contribution < -0.4 is 5.32 Å². The molecule has 1 N–H and O–H groups in total. The number of hydrogen-bond acceptors (Lipinski definition) is 1. The monoisotopic (exact) mass is 183 g/mol. The molecule has 0 fully saturated rings. The van der Waals surface area contributed by atoms with Crippen molar-refractivity contribution in [3.05, 3.63) is 12.7 Å². The maximum atomic E-state index is 3.80. The highest BCUT2D eigenvalue weighted by molar-refractivity contribution is 4.78. The highest BCUT2D eigenvalue weighted by Gasteiger charge is 2.05. The topological polar surface area (TPSA) is 12.0 Å². The lowest BCUT2D eigenvalue weighted by atomic mass is 10.0. The fraction of sp³-hybridized carbons (Fsp3) is 0.833. The van der Waals surface area contributed by atoms with Gasteiger partial charge in [-0.2, -0.15) is 0 Å². The average Bonchev–Trinajstić information content (AvgIpc) is 2.09. The minimum Gasteiger partial charge on any atom is -0.314 e. The zero-order valence-electron chi connectivity index (χ0n) is 9.47. The summed E-state index contributed by atoms with van der Waals surface area (Å²) >= 11 is 0. The zero-order chi connectivity index (χ0) is 10.1. The highest BCUT2D eigenvalue weighted by atomic mass is 14.9. The van der Waals surface area contributed by atoms with Crippen molar-refractivity contribution in [2.45, 2.75) is 52.5 Å². The van der Waals surface area contributed by atoms with Gasteiger partial charge >= 0.3 is 0 Å². The predicted molar refractivity (Wildman–Crippen MR) is 61.0 cm³/mol. The molecule has 0 aliphatic carbocycles. The van der Waals surface area contributed by atoms with Crippen molar-refractivity contribution in [3.8, 4) is 0 Å². The fourth-order valence-electron chi connectivity index (χ4n) is 1.39. The van der Waals surface area contributed by atoms with Crippen LogP contribution in [0.2, 0.25) is 0 Å². The molecule has 0 amide bonds. The molecule has 0 aromatic rings. The molecule has 0 aliphatic heterocycles. The maximum Gasteiger partial charge on any atom is 0.0102 e. The van der Waals surface area contributed by atoms with Crippen LogP contribution in [0.1, 0.15) is 46.5 Å². The summed E-state index contributed by atoms with van der Waals surface area (Å²) in [5.74, 6) is 0.816. The van der Waals surface area contributed by atoms with Gasteiger partial charge in [0.1, 0.15) is 0 Å². The molecule has 0 bridgehead atoms. The van der Waals surface area contributed by atoms with Gasteiger partial charge in [-0.3, -0.25) is 0 Å². The first-order valence-corrected chi connectivity index (χ1v) is 5.55. The number of rotatable bonds is 8. The molecule has 13 heavy (non-hydrogen) atoms. The Bertz CT molecular complexity index is 118. The van der Waals surface area contributed by atoms with Crippen LogP contribution in [-0.2, 0) is 0 Å². The van der Waals surface area contributed by atoms with Crippen LogP contribution >= 0.6 is 0 Å². The Hall–Kier alpha value is -0.300. The van der Waals surface area contributed by atoms with Gasteiger partial charge in [0, 0.05) is 6.04 Å². The van der Waals surface area contributed by atoms with Gasteiger partial charge in [0.05, 0.1) is 0 Å². The fourth-order valence-corrected chi connectivity index (χ4v) is 1.39. The quantitative estimate of drug-likeness (QED) is 0.569. The highest BCUT2D eigenvalue weighted by Crippen LogP contribution is 2.09. The summed E-state index contributed by atoms with van der Waals surface area (Å²) in [6.45, 7) is 11.7. The van der Waals surface area contributed by atoms with Crippen molar-refractivity contribution in [1.29, 1.82) is 0 Å². The molecule has 1 heteroatoms. The lowest BCUT2D eigenvalue weighted by molar-refractivity contribution is 0.432. The van der Waals surface area contributed by atoms with E-state index in [2.05, 4.69) is 32.7 Å². The van der Waals surface area contributed by atoms with Gasteiger partial charge in [-0.05, 0) is 38.1 Å². The molecule has 0 radical (unpaired) electrons. The van der Waals surface area contributed by atoms with Gasteiger partial charge in [0.2, 0.25) is 0 Å². The first-order chi connectivity index (χ1) is 6.20. The minimum atomic E-state index is 0.653. The third-order valence-corrected chi connectivity index (χ3v) is 2.23. The van der Waals surface area contributed by atoms with Crippen LogP contribution in [0.4, 0.5) is 0 Å². The Morgan fingerprint density at radius 2 is 2.00 bits per heavy atom. The molecule has 1 atom stereocenters. The van der Waals surface area contributed by atoms with Gasteiger partial charge in [0.15, 0.2) is 0 Å². The molecule has 0 saturated carbocycles. The zero-order valence-corrected chi connectivity index (χ0v) is 9.47. The molecule has 0 aromatic heterocycles. The Balaban J connectivity index is 3.59. The molecule has 0 saturated heterocycles. The van der Waals surface area contributed by atoms with Crippen molar-refractivity contribution in [2.75, 3.05) is 6.54 Å². The van der Waals surface area contributed by atoms with Gasteiger partial charge in [0.25, 0.3) is 0 Å². The van der Waals surface area contributed by atoms with E-state index in [9.17, 15) is 0 Å². The molecule has 1 nitrogen and oxygen atoms in total. The van der Waals surface area contributed by atoms with E-state index in [4.69, 9.17) is 0 Å². The lowest BCUT2D eigenvalue weighted by Crippen LogP contribution is -2.29. The number of nitrogens with one attached hydrogen (secondary N) is 1. The summed E-state index contributed by atoms with van der Waals surface area (Å²) in [4.78, 5) is 0. The van der Waals surface area contributed by atoms with E-state index in [1.165, 1.54) is 19.3 Å². The molecule has 0 aromatic carbocycles. The van der Waals surface area contributed by atoms with Crippen LogP contribution in [0.15, 0.2) is 12.7 Å². The molecule has 78 valence electrons. The van der Waals surface area contributed by atoms with E-state index in [1.54, 1.807) is 0 Å². The Labute approximate surface area is 83.6 Å². The summed E-state index contributed by atoms with van der Waals surface area (Å²) in [5.41, 5.74) is 0. The largest absolute Gasteiger partial charge is 0.314 e. The third-order valence-electron chi connectivity index (χ3n) is 2.23. The molecular weight excluding hydrogens is 158 g/mol. The molecular formula is C12H25N. The van der Waals surface area contributed by atoms with Crippen molar-refractivity contribution < 1.29 is 0 Å². The van der Waals surface area contributed by atoms with Crippen LogP contribution in [0.3, 0.4) is 0 Å². The summed E-state index contributed by atoms with van der Waals surface area (Å²) < 4.78 is 0. The third kappa shape index (κ3) is 8.04. The van der Waals surface area contributed by atoms with Gasteiger partial charge in [-0.1, -0.05) is 26.8 Å². The van der Waals surface area contributed by atoms with E-state index in [-0.39, 0.29) is 0 Å². The maximum absolute atomic E-state index is 3.80. The first kappa shape index (κ1) is 12.7. The Morgan fingerprint density at radius 1 is 1.31 bits per heavy atom. The van der Waals surface area contributed by atoms with Crippen molar-refractivity contribution >= 4 is 0 Å². The van der Waals surface area contributed by atoms with Gasteiger partial charge in [-0.25, -0.2) is 0 Å². The van der Waals surface area contributed by atoms with Gasteiger partial charge < -0.3 is 5.32 Å².